The van der Waals surface area contributed by atoms with Gasteiger partial charge in [-0.2, -0.15) is 0 Å². The second kappa shape index (κ2) is 5.33. The number of hydrogen-bond donors (Lipinski definition) is 2. The molecule has 0 radical (unpaired) electrons. The lowest BCUT2D eigenvalue weighted by Crippen LogP contribution is -2.56. The molecule has 0 atom stereocenters. The van der Waals surface area contributed by atoms with Crippen molar-refractivity contribution in [1.82, 2.24) is 5.32 Å². The van der Waals surface area contributed by atoms with Crippen LogP contribution in [0.2, 0.25) is 0 Å². The fraction of sp³-hybridized carbons (Fsp3) is 0.571. The summed E-state index contributed by atoms with van der Waals surface area (Å²) in [6.07, 6.45) is 2.71. The summed E-state index contributed by atoms with van der Waals surface area (Å²) < 4.78 is 0. The number of carbonyl (C=O) groups is 2. The van der Waals surface area contributed by atoms with E-state index in [4.69, 9.17) is 0 Å². The molecular weight excluding hydrogens is 262 g/mol. The van der Waals surface area contributed by atoms with Crippen LogP contribution in [0.3, 0.4) is 0 Å². The summed E-state index contributed by atoms with van der Waals surface area (Å²) >= 11 is 1.35. The highest BCUT2D eigenvalue weighted by Gasteiger charge is 2.42. The van der Waals surface area contributed by atoms with Crippen LogP contribution in [0.15, 0.2) is 11.4 Å². The van der Waals surface area contributed by atoms with Gasteiger partial charge in [-0.15, -0.1) is 11.3 Å². The van der Waals surface area contributed by atoms with E-state index in [1.807, 2.05) is 18.4 Å². The average Bonchev–Trinajstić information content (AvgIpc) is 2.78. The van der Waals surface area contributed by atoms with Crippen molar-refractivity contribution >= 4 is 23.2 Å². The van der Waals surface area contributed by atoms with Crippen molar-refractivity contribution in [3.05, 3.63) is 21.9 Å². The molecule has 1 fully saturated rings. The van der Waals surface area contributed by atoms with E-state index in [1.165, 1.54) is 11.3 Å². The number of thiophene rings is 1. The molecule has 0 unspecified atom stereocenters. The van der Waals surface area contributed by atoms with Crippen LogP contribution in [0.1, 0.15) is 47.8 Å². The molecule has 1 aliphatic carbocycles. The van der Waals surface area contributed by atoms with Gasteiger partial charge in [0.2, 0.25) is 0 Å². The van der Waals surface area contributed by atoms with Crippen LogP contribution >= 0.6 is 11.3 Å². The molecule has 4 nitrogen and oxygen atoms in total. The molecule has 1 saturated carbocycles. The average molecular weight is 281 g/mol. The SMILES string of the molecule is Cc1ccsc1C(=O)NC1(C(=O)O)CCC(C)CC1. The number of carbonyl (C=O) groups excluding carboxylic acids is 1. The highest BCUT2D eigenvalue weighted by Crippen LogP contribution is 2.32. The second-order valence-electron chi connectivity index (χ2n) is 5.46. The Morgan fingerprint density at radius 2 is 2.05 bits per heavy atom. The molecule has 0 saturated heterocycles. The molecule has 1 amide bonds. The zero-order valence-electron chi connectivity index (χ0n) is 11.2. The number of amides is 1. The highest BCUT2D eigenvalue weighted by atomic mass is 32.1. The van der Waals surface area contributed by atoms with E-state index < -0.39 is 11.5 Å². The molecule has 0 aromatic carbocycles. The van der Waals surface area contributed by atoms with Crippen LogP contribution in [0, 0.1) is 12.8 Å². The van der Waals surface area contributed by atoms with Gasteiger partial charge >= 0.3 is 5.97 Å². The monoisotopic (exact) mass is 281 g/mol. The van der Waals surface area contributed by atoms with Gasteiger partial charge in [-0.1, -0.05) is 6.92 Å². The molecular formula is C14H19NO3S. The summed E-state index contributed by atoms with van der Waals surface area (Å²) in [7, 11) is 0. The minimum Gasteiger partial charge on any atom is -0.480 e. The third-order valence-electron chi connectivity index (χ3n) is 3.96. The van der Waals surface area contributed by atoms with E-state index in [0.29, 0.717) is 23.6 Å². The van der Waals surface area contributed by atoms with Gasteiger partial charge in [-0.05, 0) is 55.5 Å². The molecule has 2 N–H and O–H groups in total. The predicted molar refractivity (Wildman–Crippen MR) is 74.5 cm³/mol. The van der Waals surface area contributed by atoms with E-state index in [9.17, 15) is 14.7 Å². The van der Waals surface area contributed by atoms with Crippen LogP contribution in [-0.4, -0.2) is 22.5 Å². The van der Waals surface area contributed by atoms with Gasteiger partial charge in [0.15, 0.2) is 0 Å². The molecule has 1 aliphatic rings. The molecule has 1 aromatic heterocycles. The normalized spacial score (nSPS) is 26.9. The number of aryl methyl sites for hydroxylation is 1. The Bertz CT molecular complexity index is 487. The summed E-state index contributed by atoms with van der Waals surface area (Å²) in [6, 6.07) is 1.87. The van der Waals surface area contributed by atoms with Gasteiger partial charge in [0, 0.05) is 0 Å². The van der Waals surface area contributed by atoms with Crippen molar-refractivity contribution in [1.29, 1.82) is 0 Å². The Morgan fingerprint density at radius 1 is 1.42 bits per heavy atom. The number of carboxylic acids is 1. The first-order valence-electron chi connectivity index (χ1n) is 6.54. The van der Waals surface area contributed by atoms with Crippen LogP contribution in [0.25, 0.3) is 0 Å². The lowest BCUT2D eigenvalue weighted by Gasteiger charge is -2.36. The third kappa shape index (κ3) is 2.81. The Hall–Kier alpha value is -1.36. The van der Waals surface area contributed by atoms with Crippen molar-refractivity contribution in [3.63, 3.8) is 0 Å². The Labute approximate surface area is 116 Å². The molecule has 0 bridgehead atoms. The van der Waals surface area contributed by atoms with Crippen molar-refractivity contribution in [2.24, 2.45) is 5.92 Å². The second-order valence-corrected chi connectivity index (χ2v) is 6.37. The van der Waals surface area contributed by atoms with Gasteiger partial charge in [0.05, 0.1) is 4.88 Å². The molecule has 19 heavy (non-hydrogen) atoms. The summed E-state index contributed by atoms with van der Waals surface area (Å²) in [4.78, 5) is 24.4. The highest BCUT2D eigenvalue weighted by molar-refractivity contribution is 7.12. The molecule has 1 heterocycles. The van der Waals surface area contributed by atoms with Crippen LogP contribution in [0.4, 0.5) is 0 Å². The first kappa shape index (κ1) is 14.1. The standard InChI is InChI=1S/C14H19NO3S/c1-9-3-6-14(7-4-9,13(17)18)15-12(16)11-10(2)5-8-19-11/h5,8-9H,3-4,6-7H2,1-2H3,(H,15,16)(H,17,18). The molecule has 5 heteroatoms. The molecule has 1 aromatic rings. The van der Waals surface area contributed by atoms with Gasteiger partial charge < -0.3 is 10.4 Å². The van der Waals surface area contributed by atoms with Crippen molar-refractivity contribution < 1.29 is 14.7 Å². The predicted octanol–water partition coefficient (Wildman–Crippen LogP) is 2.82. The van der Waals surface area contributed by atoms with E-state index in [2.05, 4.69) is 12.2 Å². The van der Waals surface area contributed by atoms with Gasteiger partial charge in [-0.25, -0.2) is 4.79 Å². The number of rotatable bonds is 3. The summed E-state index contributed by atoms with van der Waals surface area (Å²) in [5, 5.41) is 14.1. The zero-order valence-corrected chi connectivity index (χ0v) is 12.0. The van der Waals surface area contributed by atoms with Crippen molar-refractivity contribution in [2.45, 2.75) is 45.1 Å². The van der Waals surface area contributed by atoms with Gasteiger partial charge in [0.25, 0.3) is 5.91 Å². The Balaban J connectivity index is 2.16. The number of carboxylic acid groups (broad SMARTS) is 1. The smallest absolute Gasteiger partial charge is 0.329 e. The first-order valence-corrected chi connectivity index (χ1v) is 7.42. The molecule has 2 rings (SSSR count). The van der Waals surface area contributed by atoms with Crippen molar-refractivity contribution in [2.75, 3.05) is 0 Å². The van der Waals surface area contributed by atoms with E-state index in [0.717, 1.165) is 18.4 Å². The lowest BCUT2D eigenvalue weighted by atomic mass is 9.77. The first-order chi connectivity index (χ1) is 8.94. The zero-order chi connectivity index (χ0) is 14.0. The van der Waals surface area contributed by atoms with E-state index in [-0.39, 0.29) is 5.91 Å². The summed E-state index contributed by atoms with van der Waals surface area (Å²) in [5.74, 6) is -0.640. The van der Waals surface area contributed by atoms with Gasteiger partial charge in [-0.3, -0.25) is 4.79 Å². The van der Waals surface area contributed by atoms with Crippen LogP contribution < -0.4 is 5.32 Å². The summed E-state index contributed by atoms with van der Waals surface area (Å²) in [6.45, 7) is 3.98. The number of aliphatic carboxylic acids is 1. The van der Waals surface area contributed by atoms with Gasteiger partial charge in [0.1, 0.15) is 5.54 Å². The molecule has 104 valence electrons. The third-order valence-corrected chi connectivity index (χ3v) is 4.97. The maximum atomic E-state index is 12.2. The molecule has 0 aliphatic heterocycles. The lowest BCUT2D eigenvalue weighted by molar-refractivity contribution is -0.146. The van der Waals surface area contributed by atoms with E-state index in [1.54, 1.807) is 0 Å². The Kier molecular flexibility index (Phi) is 3.94. The fourth-order valence-corrected chi connectivity index (χ4v) is 3.35. The maximum Gasteiger partial charge on any atom is 0.329 e. The van der Waals surface area contributed by atoms with Crippen LogP contribution in [0.5, 0.6) is 0 Å². The van der Waals surface area contributed by atoms with Crippen LogP contribution in [-0.2, 0) is 4.79 Å². The Morgan fingerprint density at radius 3 is 2.53 bits per heavy atom. The largest absolute Gasteiger partial charge is 0.480 e. The topological polar surface area (TPSA) is 66.4 Å². The minimum atomic E-state index is -1.08. The molecule has 0 spiro atoms. The van der Waals surface area contributed by atoms with E-state index >= 15 is 0 Å². The number of nitrogens with one attached hydrogen (secondary N) is 1. The van der Waals surface area contributed by atoms with Crippen molar-refractivity contribution in [3.8, 4) is 0 Å². The maximum absolute atomic E-state index is 12.2. The minimum absolute atomic E-state index is 0.260. The summed E-state index contributed by atoms with van der Waals surface area (Å²) in [5.41, 5.74) is -0.188. The fourth-order valence-electron chi connectivity index (χ4n) is 2.53. The quantitative estimate of drug-likeness (QED) is 0.895. The number of hydrogen-bond acceptors (Lipinski definition) is 3.